The first-order valence-corrected chi connectivity index (χ1v) is 8.19. The Bertz CT molecular complexity index is 247. The normalized spacial score (nSPS) is 13.9. The average molecular weight is 250 g/mol. The van der Waals surface area contributed by atoms with Gasteiger partial charge in [-0.25, -0.2) is 0 Å². The van der Waals surface area contributed by atoms with E-state index in [9.17, 15) is 8.42 Å². The first kappa shape index (κ1) is 15.9. The maximum atomic E-state index is 11.1. The highest BCUT2D eigenvalue weighted by molar-refractivity contribution is 7.86. The molecule has 0 heterocycles. The number of rotatable bonds is 10. The molecule has 0 aromatic rings. The Balaban J connectivity index is 3.90. The lowest BCUT2D eigenvalue weighted by Crippen LogP contribution is -2.17. The maximum Gasteiger partial charge on any atom is 0.264 e. The van der Waals surface area contributed by atoms with Crippen LogP contribution in [-0.2, 0) is 14.3 Å². The summed E-state index contributed by atoms with van der Waals surface area (Å²) in [4.78, 5) is 0. The van der Waals surface area contributed by atoms with E-state index in [-0.39, 0.29) is 6.10 Å². The highest BCUT2D eigenvalue weighted by Gasteiger charge is 2.14. The molecule has 0 radical (unpaired) electrons. The van der Waals surface area contributed by atoms with Crippen molar-refractivity contribution in [2.75, 3.05) is 6.26 Å². The third-order valence-corrected chi connectivity index (χ3v) is 3.19. The summed E-state index contributed by atoms with van der Waals surface area (Å²) in [5.41, 5.74) is 0. The molecule has 0 aromatic carbocycles. The zero-order valence-corrected chi connectivity index (χ0v) is 11.7. The minimum absolute atomic E-state index is 0.105. The lowest BCUT2D eigenvalue weighted by molar-refractivity contribution is 0.183. The minimum Gasteiger partial charge on any atom is -0.267 e. The molecule has 0 bridgehead atoms. The van der Waals surface area contributed by atoms with Crippen molar-refractivity contribution < 1.29 is 12.6 Å². The van der Waals surface area contributed by atoms with Crippen molar-refractivity contribution in [1.29, 1.82) is 0 Å². The van der Waals surface area contributed by atoms with E-state index in [0.29, 0.717) is 0 Å². The first-order valence-electron chi connectivity index (χ1n) is 6.37. The van der Waals surface area contributed by atoms with E-state index < -0.39 is 10.1 Å². The summed E-state index contributed by atoms with van der Waals surface area (Å²) in [7, 11) is -3.30. The van der Waals surface area contributed by atoms with Crippen molar-refractivity contribution >= 4 is 10.1 Å². The quantitative estimate of drug-likeness (QED) is 0.440. The molecule has 16 heavy (non-hydrogen) atoms. The second-order valence-corrected chi connectivity index (χ2v) is 6.01. The molecule has 0 N–H and O–H groups in total. The van der Waals surface area contributed by atoms with Gasteiger partial charge in [-0.2, -0.15) is 8.42 Å². The van der Waals surface area contributed by atoms with Crippen LogP contribution in [0.25, 0.3) is 0 Å². The fourth-order valence-corrected chi connectivity index (χ4v) is 2.41. The SMILES string of the molecule is CCCCCCC(CCCC)OS(C)(=O)=O. The van der Waals surface area contributed by atoms with Crippen LogP contribution >= 0.6 is 0 Å². The molecule has 0 aliphatic carbocycles. The summed E-state index contributed by atoms with van der Waals surface area (Å²) < 4.78 is 27.2. The van der Waals surface area contributed by atoms with Crippen molar-refractivity contribution in [1.82, 2.24) is 0 Å². The topological polar surface area (TPSA) is 43.4 Å². The van der Waals surface area contributed by atoms with Crippen LogP contribution in [0.4, 0.5) is 0 Å². The second-order valence-electron chi connectivity index (χ2n) is 4.41. The van der Waals surface area contributed by atoms with Crippen molar-refractivity contribution in [3.8, 4) is 0 Å². The van der Waals surface area contributed by atoms with Gasteiger partial charge >= 0.3 is 0 Å². The Hall–Kier alpha value is -0.0900. The monoisotopic (exact) mass is 250 g/mol. The van der Waals surface area contributed by atoms with E-state index in [2.05, 4.69) is 13.8 Å². The molecule has 0 rings (SSSR count). The van der Waals surface area contributed by atoms with Crippen LogP contribution in [0.1, 0.15) is 65.2 Å². The molecular formula is C12H26O3S. The molecule has 1 unspecified atom stereocenters. The van der Waals surface area contributed by atoms with Crippen LogP contribution < -0.4 is 0 Å². The molecule has 0 saturated carbocycles. The zero-order valence-electron chi connectivity index (χ0n) is 10.9. The molecule has 3 nitrogen and oxygen atoms in total. The fraction of sp³-hybridized carbons (Fsp3) is 1.00. The van der Waals surface area contributed by atoms with E-state index >= 15 is 0 Å². The molecule has 0 spiro atoms. The maximum absolute atomic E-state index is 11.1. The number of hydrogen-bond acceptors (Lipinski definition) is 3. The molecule has 0 aliphatic rings. The predicted molar refractivity (Wildman–Crippen MR) is 68.0 cm³/mol. The molecule has 0 saturated heterocycles. The summed E-state index contributed by atoms with van der Waals surface area (Å²) in [5, 5.41) is 0. The molecule has 0 amide bonds. The molecule has 0 aliphatic heterocycles. The zero-order chi connectivity index (χ0) is 12.4. The lowest BCUT2D eigenvalue weighted by atomic mass is 10.1. The van der Waals surface area contributed by atoms with Crippen molar-refractivity contribution in [3.63, 3.8) is 0 Å². The van der Waals surface area contributed by atoms with Gasteiger partial charge in [-0.1, -0.05) is 52.4 Å². The molecule has 0 fully saturated rings. The molecular weight excluding hydrogens is 224 g/mol. The van der Waals surface area contributed by atoms with E-state index in [0.717, 1.165) is 38.4 Å². The highest BCUT2D eigenvalue weighted by Crippen LogP contribution is 2.15. The third-order valence-electron chi connectivity index (χ3n) is 2.57. The van der Waals surface area contributed by atoms with Crippen LogP contribution in [0.5, 0.6) is 0 Å². The van der Waals surface area contributed by atoms with Gasteiger partial charge in [0, 0.05) is 0 Å². The predicted octanol–water partition coefficient (Wildman–Crippen LogP) is 3.49. The fourth-order valence-electron chi connectivity index (χ4n) is 1.72. The third kappa shape index (κ3) is 10.4. The standard InChI is InChI=1S/C12H26O3S/c1-4-6-8-9-11-12(10-7-5-2)15-16(3,13)14/h12H,4-11H2,1-3H3. The van der Waals surface area contributed by atoms with E-state index in [1.54, 1.807) is 0 Å². The van der Waals surface area contributed by atoms with Gasteiger partial charge in [0.1, 0.15) is 0 Å². The lowest BCUT2D eigenvalue weighted by Gasteiger charge is -2.15. The van der Waals surface area contributed by atoms with Gasteiger partial charge in [0.05, 0.1) is 12.4 Å². The van der Waals surface area contributed by atoms with E-state index in [1.807, 2.05) is 0 Å². The Morgan fingerprint density at radius 2 is 1.50 bits per heavy atom. The van der Waals surface area contributed by atoms with E-state index in [4.69, 9.17) is 4.18 Å². The smallest absolute Gasteiger partial charge is 0.264 e. The van der Waals surface area contributed by atoms with Crippen LogP contribution in [0.15, 0.2) is 0 Å². The largest absolute Gasteiger partial charge is 0.267 e. The van der Waals surface area contributed by atoms with Gasteiger partial charge in [0.2, 0.25) is 0 Å². The molecule has 98 valence electrons. The van der Waals surface area contributed by atoms with Crippen LogP contribution in [0.3, 0.4) is 0 Å². The van der Waals surface area contributed by atoms with E-state index in [1.165, 1.54) is 19.3 Å². The number of unbranched alkanes of at least 4 members (excludes halogenated alkanes) is 4. The second kappa shape index (κ2) is 8.99. The van der Waals surface area contributed by atoms with Crippen molar-refractivity contribution in [3.05, 3.63) is 0 Å². The van der Waals surface area contributed by atoms with Crippen molar-refractivity contribution in [2.45, 2.75) is 71.3 Å². The summed E-state index contributed by atoms with van der Waals surface area (Å²) in [5.74, 6) is 0. The molecule has 1 atom stereocenters. The Kier molecular flexibility index (Phi) is 8.94. The summed E-state index contributed by atoms with van der Waals surface area (Å²) in [6.45, 7) is 4.27. The van der Waals surface area contributed by atoms with Gasteiger partial charge < -0.3 is 0 Å². The number of hydrogen-bond donors (Lipinski definition) is 0. The van der Waals surface area contributed by atoms with Crippen LogP contribution in [0, 0.1) is 0 Å². The summed E-state index contributed by atoms with van der Waals surface area (Å²) >= 11 is 0. The first-order chi connectivity index (χ1) is 7.49. The van der Waals surface area contributed by atoms with Gasteiger partial charge in [-0.15, -0.1) is 0 Å². The van der Waals surface area contributed by atoms with Gasteiger partial charge in [-0.3, -0.25) is 4.18 Å². The average Bonchev–Trinajstić information content (AvgIpc) is 2.18. The van der Waals surface area contributed by atoms with Gasteiger partial charge in [-0.05, 0) is 12.8 Å². The minimum atomic E-state index is -3.30. The van der Waals surface area contributed by atoms with Gasteiger partial charge in [0.25, 0.3) is 10.1 Å². The van der Waals surface area contributed by atoms with Crippen molar-refractivity contribution in [2.24, 2.45) is 0 Å². The molecule has 4 heteroatoms. The molecule has 0 aromatic heterocycles. The Morgan fingerprint density at radius 1 is 0.938 bits per heavy atom. The summed E-state index contributed by atoms with van der Waals surface area (Å²) in [6, 6.07) is 0. The van der Waals surface area contributed by atoms with Gasteiger partial charge in [0.15, 0.2) is 0 Å². The van der Waals surface area contributed by atoms with Crippen LogP contribution in [0.2, 0.25) is 0 Å². The Labute approximate surface area is 101 Å². The summed E-state index contributed by atoms with van der Waals surface area (Å²) in [6.07, 6.45) is 9.54. The highest BCUT2D eigenvalue weighted by atomic mass is 32.2. The van der Waals surface area contributed by atoms with Crippen LogP contribution in [-0.4, -0.2) is 20.8 Å². The Morgan fingerprint density at radius 3 is 2.00 bits per heavy atom.